The summed E-state index contributed by atoms with van der Waals surface area (Å²) < 4.78 is 0. The molecule has 0 aromatic carbocycles. The predicted molar refractivity (Wildman–Crippen MR) is 65.0 cm³/mol. The molecule has 1 atom stereocenters. The topological polar surface area (TPSA) is 15.3 Å². The van der Waals surface area contributed by atoms with Gasteiger partial charge in [0.05, 0.1) is 0 Å². The summed E-state index contributed by atoms with van der Waals surface area (Å²) in [6.07, 6.45) is 2.93. The van der Waals surface area contributed by atoms with Gasteiger partial charge in [-0.05, 0) is 38.5 Å². The van der Waals surface area contributed by atoms with Gasteiger partial charge in [0.25, 0.3) is 0 Å². The van der Waals surface area contributed by atoms with E-state index in [1.54, 1.807) is 0 Å². The third-order valence-corrected chi connectivity index (χ3v) is 3.82. The van der Waals surface area contributed by atoms with E-state index >= 15 is 0 Å². The first-order chi connectivity index (χ1) is 6.98. The summed E-state index contributed by atoms with van der Waals surface area (Å²) in [5, 5.41) is 3.67. The molecule has 2 nitrogen and oxygen atoms in total. The molecular weight excluding hydrogens is 184 g/mol. The summed E-state index contributed by atoms with van der Waals surface area (Å²) in [4.78, 5) is 2.73. The molecule has 1 saturated heterocycles. The molecule has 0 bridgehead atoms. The van der Waals surface area contributed by atoms with Crippen molar-refractivity contribution in [2.75, 3.05) is 19.6 Å². The Morgan fingerprint density at radius 1 is 1.33 bits per heavy atom. The van der Waals surface area contributed by atoms with Crippen molar-refractivity contribution >= 4 is 0 Å². The molecule has 1 N–H and O–H groups in total. The predicted octanol–water partition coefficient (Wildman–Crippen LogP) is 2.10. The molecule has 0 radical (unpaired) electrons. The van der Waals surface area contributed by atoms with E-state index in [0.29, 0.717) is 5.54 Å². The summed E-state index contributed by atoms with van der Waals surface area (Å²) in [6, 6.07) is 0.749. The van der Waals surface area contributed by atoms with Crippen LogP contribution in [0.3, 0.4) is 0 Å². The fourth-order valence-electron chi connectivity index (χ4n) is 2.68. The number of nitrogens with zero attached hydrogens (tertiary/aromatic N) is 1. The SMILES string of the molecule is CC(C)C1CNC(C)(C)CN1CC1CC1. The van der Waals surface area contributed by atoms with Gasteiger partial charge in [0.15, 0.2) is 0 Å². The summed E-state index contributed by atoms with van der Waals surface area (Å²) in [6.45, 7) is 13.1. The van der Waals surface area contributed by atoms with E-state index in [1.807, 2.05) is 0 Å². The van der Waals surface area contributed by atoms with Crippen LogP contribution in [0.4, 0.5) is 0 Å². The highest BCUT2D eigenvalue weighted by Crippen LogP contribution is 2.32. The minimum atomic E-state index is 0.306. The van der Waals surface area contributed by atoms with Gasteiger partial charge >= 0.3 is 0 Å². The Labute approximate surface area is 94.4 Å². The Morgan fingerprint density at radius 2 is 2.00 bits per heavy atom. The summed E-state index contributed by atoms with van der Waals surface area (Å²) in [5.41, 5.74) is 0.306. The van der Waals surface area contributed by atoms with Crippen molar-refractivity contribution in [2.24, 2.45) is 11.8 Å². The molecule has 0 amide bonds. The molecule has 1 aliphatic carbocycles. The second-order valence-corrected chi connectivity index (χ2v) is 6.45. The van der Waals surface area contributed by atoms with Crippen molar-refractivity contribution in [1.82, 2.24) is 10.2 Å². The van der Waals surface area contributed by atoms with Gasteiger partial charge in [0.1, 0.15) is 0 Å². The van der Waals surface area contributed by atoms with Crippen molar-refractivity contribution in [3.8, 4) is 0 Å². The highest BCUT2D eigenvalue weighted by atomic mass is 15.3. The van der Waals surface area contributed by atoms with Crippen molar-refractivity contribution in [2.45, 2.75) is 52.1 Å². The first-order valence-electron chi connectivity index (χ1n) is 6.47. The molecule has 1 unspecified atom stereocenters. The van der Waals surface area contributed by atoms with Crippen LogP contribution >= 0.6 is 0 Å². The van der Waals surface area contributed by atoms with Gasteiger partial charge in [0.2, 0.25) is 0 Å². The number of hydrogen-bond acceptors (Lipinski definition) is 2. The van der Waals surface area contributed by atoms with Gasteiger partial charge in [-0.15, -0.1) is 0 Å². The molecule has 2 rings (SSSR count). The van der Waals surface area contributed by atoms with Gasteiger partial charge in [-0.3, -0.25) is 4.90 Å². The Balaban J connectivity index is 1.97. The zero-order chi connectivity index (χ0) is 11.1. The number of piperazine rings is 1. The minimum Gasteiger partial charge on any atom is -0.309 e. The second kappa shape index (κ2) is 4.06. The second-order valence-electron chi connectivity index (χ2n) is 6.45. The molecule has 2 heteroatoms. The van der Waals surface area contributed by atoms with Crippen LogP contribution in [0.15, 0.2) is 0 Å². The van der Waals surface area contributed by atoms with E-state index in [-0.39, 0.29) is 0 Å². The average Bonchev–Trinajstić information content (AvgIpc) is 2.85. The quantitative estimate of drug-likeness (QED) is 0.767. The molecular formula is C13H26N2. The van der Waals surface area contributed by atoms with Gasteiger partial charge in [-0.25, -0.2) is 0 Å². The maximum absolute atomic E-state index is 3.67. The van der Waals surface area contributed by atoms with Gasteiger partial charge in [0, 0.05) is 31.2 Å². The number of hydrogen-bond donors (Lipinski definition) is 1. The van der Waals surface area contributed by atoms with Crippen LogP contribution in [0.5, 0.6) is 0 Å². The van der Waals surface area contributed by atoms with Crippen LogP contribution < -0.4 is 5.32 Å². The first kappa shape index (κ1) is 11.4. The maximum atomic E-state index is 3.67. The fourth-order valence-corrected chi connectivity index (χ4v) is 2.68. The lowest BCUT2D eigenvalue weighted by atomic mass is 9.93. The molecule has 15 heavy (non-hydrogen) atoms. The molecule has 0 aromatic heterocycles. The minimum absolute atomic E-state index is 0.306. The molecule has 1 saturated carbocycles. The highest BCUT2D eigenvalue weighted by Gasteiger charge is 2.36. The lowest BCUT2D eigenvalue weighted by Crippen LogP contribution is -2.63. The van der Waals surface area contributed by atoms with Crippen molar-refractivity contribution in [3.63, 3.8) is 0 Å². The standard InChI is InChI=1S/C13H26N2/c1-10(2)12-7-14-13(3,4)9-15(12)8-11-5-6-11/h10-12,14H,5-9H2,1-4H3. The molecule has 2 fully saturated rings. The van der Waals surface area contributed by atoms with Crippen LogP contribution in [0.25, 0.3) is 0 Å². The van der Waals surface area contributed by atoms with E-state index in [0.717, 1.165) is 24.4 Å². The van der Waals surface area contributed by atoms with E-state index in [4.69, 9.17) is 0 Å². The van der Waals surface area contributed by atoms with Crippen LogP contribution in [-0.4, -0.2) is 36.1 Å². The Hall–Kier alpha value is -0.0800. The Bertz CT molecular complexity index is 219. The zero-order valence-electron chi connectivity index (χ0n) is 10.7. The lowest BCUT2D eigenvalue weighted by Gasteiger charge is -2.46. The third kappa shape index (κ3) is 2.94. The molecule has 1 heterocycles. The molecule has 0 spiro atoms. The monoisotopic (exact) mass is 210 g/mol. The summed E-state index contributed by atoms with van der Waals surface area (Å²) in [7, 11) is 0. The zero-order valence-corrected chi connectivity index (χ0v) is 10.7. The summed E-state index contributed by atoms with van der Waals surface area (Å²) in [5.74, 6) is 1.78. The van der Waals surface area contributed by atoms with Gasteiger partial charge in [-0.2, -0.15) is 0 Å². The van der Waals surface area contributed by atoms with Crippen molar-refractivity contribution in [1.29, 1.82) is 0 Å². The van der Waals surface area contributed by atoms with E-state index in [9.17, 15) is 0 Å². The fraction of sp³-hybridized carbons (Fsp3) is 1.00. The smallest absolute Gasteiger partial charge is 0.0252 e. The van der Waals surface area contributed by atoms with Gasteiger partial charge < -0.3 is 5.32 Å². The Morgan fingerprint density at radius 3 is 2.53 bits per heavy atom. The van der Waals surface area contributed by atoms with Crippen molar-refractivity contribution < 1.29 is 0 Å². The van der Waals surface area contributed by atoms with Crippen molar-refractivity contribution in [3.05, 3.63) is 0 Å². The van der Waals surface area contributed by atoms with E-state index in [2.05, 4.69) is 37.9 Å². The normalized spacial score (nSPS) is 32.2. The van der Waals surface area contributed by atoms with Crippen LogP contribution in [0.2, 0.25) is 0 Å². The maximum Gasteiger partial charge on any atom is 0.0252 e. The average molecular weight is 210 g/mol. The van der Waals surface area contributed by atoms with Crippen LogP contribution in [0.1, 0.15) is 40.5 Å². The molecule has 88 valence electrons. The van der Waals surface area contributed by atoms with Crippen LogP contribution in [0, 0.1) is 11.8 Å². The molecule has 0 aromatic rings. The number of nitrogens with one attached hydrogen (secondary N) is 1. The largest absolute Gasteiger partial charge is 0.309 e. The number of rotatable bonds is 3. The van der Waals surface area contributed by atoms with E-state index in [1.165, 1.54) is 25.9 Å². The van der Waals surface area contributed by atoms with E-state index < -0.39 is 0 Å². The first-order valence-corrected chi connectivity index (χ1v) is 6.47. The highest BCUT2D eigenvalue weighted by molar-refractivity contribution is 4.95. The molecule has 2 aliphatic rings. The third-order valence-electron chi connectivity index (χ3n) is 3.82. The van der Waals surface area contributed by atoms with Crippen LogP contribution in [-0.2, 0) is 0 Å². The molecule has 1 aliphatic heterocycles. The Kier molecular flexibility index (Phi) is 3.09. The lowest BCUT2D eigenvalue weighted by molar-refractivity contribution is 0.0653. The summed E-state index contributed by atoms with van der Waals surface area (Å²) >= 11 is 0. The van der Waals surface area contributed by atoms with Gasteiger partial charge in [-0.1, -0.05) is 13.8 Å².